The molecule has 0 aliphatic carbocycles. The average molecular weight is 438 g/mol. The molecule has 0 unspecified atom stereocenters. The SMILES string of the molecule is CCOC(=O)c1c(-c2ccc(OC)cc2)csc1NC(=O)C(C)(C)Cc1ccccc1. The number of carbonyl (C=O) groups excluding carboxylic acids is 2. The normalized spacial score (nSPS) is 11.1. The van der Waals surface area contributed by atoms with Gasteiger partial charge in [0.1, 0.15) is 16.3 Å². The van der Waals surface area contributed by atoms with Crippen LogP contribution in [0.15, 0.2) is 60.0 Å². The second kappa shape index (κ2) is 9.79. The van der Waals surface area contributed by atoms with Gasteiger partial charge in [-0.15, -0.1) is 11.3 Å². The van der Waals surface area contributed by atoms with Crippen molar-refractivity contribution in [3.05, 3.63) is 71.1 Å². The molecule has 162 valence electrons. The van der Waals surface area contributed by atoms with Gasteiger partial charge in [0.05, 0.1) is 13.7 Å². The maximum Gasteiger partial charge on any atom is 0.341 e. The lowest BCUT2D eigenvalue weighted by atomic mass is 9.85. The second-order valence-electron chi connectivity index (χ2n) is 7.80. The lowest BCUT2D eigenvalue weighted by Gasteiger charge is -2.23. The molecular weight excluding hydrogens is 410 g/mol. The third-order valence-electron chi connectivity index (χ3n) is 5.00. The van der Waals surface area contributed by atoms with E-state index < -0.39 is 11.4 Å². The zero-order valence-corrected chi connectivity index (χ0v) is 19.0. The van der Waals surface area contributed by atoms with Crippen LogP contribution in [0.5, 0.6) is 5.75 Å². The summed E-state index contributed by atoms with van der Waals surface area (Å²) >= 11 is 1.32. The minimum atomic E-state index is -0.655. The fourth-order valence-corrected chi connectivity index (χ4v) is 4.25. The molecule has 0 fully saturated rings. The van der Waals surface area contributed by atoms with Gasteiger partial charge in [-0.2, -0.15) is 0 Å². The molecule has 0 aliphatic rings. The van der Waals surface area contributed by atoms with Gasteiger partial charge in [-0.3, -0.25) is 4.79 Å². The molecule has 0 atom stereocenters. The highest BCUT2D eigenvalue weighted by atomic mass is 32.1. The van der Waals surface area contributed by atoms with Crippen molar-refractivity contribution in [2.24, 2.45) is 5.41 Å². The summed E-state index contributed by atoms with van der Waals surface area (Å²) in [5, 5.41) is 5.34. The third-order valence-corrected chi connectivity index (χ3v) is 5.90. The Kier molecular flexibility index (Phi) is 7.13. The summed E-state index contributed by atoms with van der Waals surface area (Å²) in [5.41, 5.74) is 2.38. The number of ether oxygens (including phenoxy) is 2. The number of rotatable bonds is 8. The molecule has 31 heavy (non-hydrogen) atoms. The van der Waals surface area contributed by atoms with E-state index in [-0.39, 0.29) is 12.5 Å². The predicted molar refractivity (Wildman–Crippen MR) is 125 cm³/mol. The summed E-state index contributed by atoms with van der Waals surface area (Å²) in [4.78, 5) is 25.9. The summed E-state index contributed by atoms with van der Waals surface area (Å²) in [6.07, 6.45) is 0.588. The first-order chi connectivity index (χ1) is 14.9. The highest BCUT2D eigenvalue weighted by molar-refractivity contribution is 7.15. The van der Waals surface area contributed by atoms with Gasteiger partial charge < -0.3 is 14.8 Å². The van der Waals surface area contributed by atoms with E-state index in [0.29, 0.717) is 17.0 Å². The van der Waals surface area contributed by atoms with Gasteiger partial charge in [-0.05, 0) is 36.6 Å². The Hall–Kier alpha value is -3.12. The zero-order chi connectivity index (χ0) is 22.4. The van der Waals surface area contributed by atoms with Crippen molar-refractivity contribution in [3.63, 3.8) is 0 Å². The molecule has 0 saturated carbocycles. The van der Waals surface area contributed by atoms with E-state index in [1.165, 1.54) is 11.3 Å². The molecule has 1 N–H and O–H groups in total. The number of hydrogen-bond acceptors (Lipinski definition) is 5. The molecule has 0 aliphatic heterocycles. The second-order valence-corrected chi connectivity index (χ2v) is 8.68. The molecular formula is C25H27NO4S. The lowest BCUT2D eigenvalue weighted by molar-refractivity contribution is -0.123. The van der Waals surface area contributed by atoms with E-state index in [0.717, 1.165) is 22.4 Å². The molecule has 0 radical (unpaired) electrons. The molecule has 5 nitrogen and oxygen atoms in total. The number of carbonyl (C=O) groups is 2. The molecule has 6 heteroatoms. The van der Waals surface area contributed by atoms with Crippen molar-refractivity contribution in [1.29, 1.82) is 0 Å². The van der Waals surface area contributed by atoms with Crippen LogP contribution >= 0.6 is 11.3 Å². The van der Waals surface area contributed by atoms with E-state index >= 15 is 0 Å². The van der Waals surface area contributed by atoms with Gasteiger partial charge in [0.25, 0.3) is 0 Å². The highest BCUT2D eigenvalue weighted by Crippen LogP contribution is 2.38. The van der Waals surface area contributed by atoms with Gasteiger partial charge >= 0.3 is 5.97 Å². The summed E-state index contributed by atoms with van der Waals surface area (Å²) in [6, 6.07) is 17.3. The number of anilines is 1. The smallest absolute Gasteiger partial charge is 0.341 e. The fourth-order valence-electron chi connectivity index (χ4n) is 3.30. The van der Waals surface area contributed by atoms with Crippen molar-refractivity contribution >= 4 is 28.2 Å². The number of methoxy groups -OCH3 is 1. The Morgan fingerprint density at radius 2 is 1.71 bits per heavy atom. The highest BCUT2D eigenvalue weighted by Gasteiger charge is 2.31. The van der Waals surface area contributed by atoms with Crippen molar-refractivity contribution in [2.45, 2.75) is 27.2 Å². The first kappa shape index (κ1) is 22.6. The number of hydrogen-bond donors (Lipinski definition) is 1. The van der Waals surface area contributed by atoms with Crippen molar-refractivity contribution in [2.75, 3.05) is 19.0 Å². The summed E-state index contributed by atoms with van der Waals surface area (Å²) in [7, 11) is 1.61. The largest absolute Gasteiger partial charge is 0.497 e. The minimum absolute atomic E-state index is 0.148. The van der Waals surface area contributed by atoms with Crippen LogP contribution in [-0.2, 0) is 16.0 Å². The van der Waals surface area contributed by atoms with Gasteiger partial charge in [-0.25, -0.2) is 4.79 Å². The Morgan fingerprint density at radius 1 is 1.03 bits per heavy atom. The number of nitrogens with one attached hydrogen (secondary N) is 1. The molecule has 1 heterocycles. The van der Waals surface area contributed by atoms with E-state index in [9.17, 15) is 9.59 Å². The maximum absolute atomic E-state index is 13.1. The van der Waals surface area contributed by atoms with Crippen molar-refractivity contribution < 1.29 is 19.1 Å². The number of amides is 1. The van der Waals surface area contributed by atoms with Crippen LogP contribution in [0.1, 0.15) is 36.7 Å². The van der Waals surface area contributed by atoms with E-state index in [4.69, 9.17) is 9.47 Å². The molecule has 1 aromatic heterocycles. The maximum atomic E-state index is 13.1. The molecule has 2 aromatic carbocycles. The Labute approximate surface area is 187 Å². The number of esters is 1. The first-order valence-corrected chi connectivity index (χ1v) is 11.0. The van der Waals surface area contributed by atoms with Gasteiger partial charge in [0, 0.05) is 16.4 Å². The Morgan fingerprint density at radius 3 is 2.32 bits per heavy atom. The fraction of sp³-hybridized carbons (Fsp3) is 0.280. The Balaban J connectivity index is 1.90. The summed E-state index contributed by atoms with van der Waals surface area (Å²) in [6.45, 7) is 5.82. The molecule has 0 saturated heterocycles. The molecule has 1 amide bonds. The first-order valence-electron chi connectivity index (χ1n) is 10.1. The molecule has 0 bridgehead atoms. The summed E-state index contributed by atoms with van der Waals surface area (Å²) < 4.78 is 10.5. The van der Waals surface area contributed by atoms with Crippen LogP contribution in [0.25, 0.3) is 11.1 Å². The number of thiophene rings is 1. The molecule has 3 aromatic rings. The Bertz CT molecular complexity index is 1040. The van der Waals surface area contributed by atoms with Crippen LogP contribution in [0.3, 0.4) is 0 Å². The van der Waals surface area contributed by atoms with E-state index in [1.807, 2.05) is 73.8 Å². The van der Waals surface area contributed by atoms with Crippen LogP contribution in [0.4, 0.5) is 5.00 Å². The van der Waals surface area contributed by atoms with Gasteiger partial charge in [-0.1, -0.05) is 56.3 Å². The zero-order valence-electron chi connectivity index (χ0n) is 18.2. The van der Waals surface area contributed by atoms with Crippen LogP contribution in [0.2, 0.25) is 0 Å². The van der Waals surface area contributed by atoms with Crippen molar-refractivity contribution in [1.82, 2.24) is 0 Å². The third kappa shape index (κ3) is 5.33. The van der Waals surface area contributed by atoms with Crippen LogP contribution in [-0.4, -0.2) is 25.6 Å². The van der Waals surface area contributed by atoms with E-state index in [1.54, 1.807) is 14.0 Å². The lowest BCUT2D eigenvalue weighted by Crippen LogP contribution is -2.33. The monoisotopic (exact) mass is 437 g/mol. The quantitative estimate of drug-likeness (QED) is 0.452. The topological polar surface area (TPSA) is 64.6 Å². The standard InChI is InChI=1S/C25H27NO4S/c1-5-30-23(27)21-20(18-11-13-19(29-4)14-12-18)16-31-22(21)26-24(28)25(2,3)15-17-9-7-6-8-10-17/h6-14,16H,5,15H2,1-4H3,(H,26,28). The van der Waals surface area contributed by atoms with Crippen LogP contribution < -0.4 is 10.1 Å². The predicted octanol–water partition coefficient (Wildman–Crippen LogP) is 5.81. The van der Waals surface area contributed by atoms with Gasteiger partial charge in [0.15, 0.2) is 0 Å². The summed E-state index contributed by atoms with van der Waals surface area (Å²) in [5.74, 6) is 0.128. The minimum Gasteiger partial charge on any atom is -0.497 e. The average Bonchev–Trinajstić information content (AvgIpc) is 3.18. The van der Waals surface area contributed by atoms with Crippen LogP contribution in [0, 0.1) is 5.41 Å². The number of benzene rings is 2. The van der Waals surface area contributed by atoms with E-state index in [2.05, 4.69) is 5.32 Å². The van der Waals surface area contributed by atoms with Crippen molar-refractivity contribution in [3.8, 4) is 16.9 Å². The van der Waals surface area contributed by atoms with Gasteiger partial charge in [0.2, 0.25) is 5.91 Å². The molecule has 3 rings (SSSR count). The molecule has 0 spiro atoms.